The van der Waals surface area contributed by atoms with Crippen LogP contribution in [0.4, 0.5) is 5.69 Å². The number of nitrogens with two attached hydrogens (primary N) is 1. The quantitative estimate of drug-likeness (QED) is 0.823. The summed E-state index contributed by atoms with van der Waals surface area (Å²) in [5.41, 5.74) is 7.27. The zero-order valence-electron chi connectivity index (χ0n) is 10.9. The summed E-state index contributed by atoms with van der Waals surface area (Å²) in [6, 6.07) is 10.7. The van der Waals surface area contributed by atoms with E-state index in [4.69, 9.17) is 10.5 Å². The molecule has 104 valence electrons. The van der Waals surface area contributed by atoms with Crippen LogP contribution in [-0.2, 0) is 6.54 Å². The zero-order valence-corrected chi connectivity index (χ0v) is 12.5. The van der Waals surface area contributed by atoms with Crippen molar-refractivity contribution in [1.82, 2.24) is 4.98 Å². The highest BCUT2D eigenvalue weighted by molar-refractivity contribution is 9.10. The molecule has 1 aromatic heterocycles. The van der Waals surface area contributed by atoms with Crippen molar-refractivity contribution < 1.29 is 9.53 Å². The molecule has 0 aliphatic carbocycles. The van der Waals surface area contributed by atoms with E-state index in [1.165, 1.54) is 0 Å². The fourth-order valence-corrected chi connectivity index (χ4v) is 2.11. The number of nitrogens with one attached hydrogen (secondary N) is 1. The molecule has 0 unspecified atom stereocenters. The molecule has 0 bridgehead atoms. The van der Waals surface area contributed by atoms with Gasteiger partial charge in [0.2, 0.25) is 5.91 Å². The van der Waals surface area contributed by atoms with Crippen LogP contribution in [0.3, 0.4) is 0 Å². The smallest absolute Gasteiger partial charge is 0.248 e. The SMILES string of the molecule is COc1ccc(C(N)=O)cc1NCc1cccc(Br)n1. The van der Waals surface area contributed by atoms with E-state index < -0.39 is 5.91 Å². The number of halogens is 1. The molecule has 1 amide bonds. The average Bonchev–Trinajstić information content (AvgIpc) is 2.44. The van der Waals surface area contributed by atoms with Gasteiger partial charge in [-0.15, -0.1) is 0 Å². The third-order valence-corrected chi connectivity index (χ3v) is 3.16. The minimum atomic E-state index is -0.476. The summed E-state index contributed by atoms with van der Waals surface area (Å²) in [4.78, 5) is 15.5. The third-order valence-electron chi connectivity index (χ3n) is 2.72. The maximum absolute atomic E-state index is 11.2. The number of ether oxygens (including phenoxy) is 1. The van der Waals surface area contributed by atoms with Crippen molar-refractivity contribution in [3.63, 3.8) is 0 Å². The van der Waals surface area contributed by atoms with Gasteiger partial charge in [0.15, 0.2) is 0 Å². The highest BCUT2D eigenvalue weighted by atomic mass is 79.9. The second-order valence-corrected chi connectivity index (χ2v) is 4.90. The minimum Gasteiger partial charge on any atom is -0.495 e. The van der Waals surface area contributed by atoms with Crippen molar-refractivity contribution in [2.45, 2.75) is 6.54 Å². The lowest BCUT2D eigenvalue weighted by molar-refractivity contribution is 0.100. The Morgan fingerprint density at radius 3 is 2.85 bits per heavy atom. The second kappa shape index (κ2) is 6.38. The molecule has 0 atom stereocenters. The van der Waals surface area contributed by atoms with Crippen LogP contribution in [0.5, 0.6) is 5.75 Å². The highest BCUT2D eigenvalue weighted by Gasteiger charge is 2.08. The molecule has 0 radical (unpaired) electrons. The van der Waals surface area contributed by atoms with Gasteiger partial charge in [-0.2, -0.15) is 0 Å². The molecule has 6 heteroatoms. The summed E-state index contributed by atoms with van der Waals surface area (Å²) in [6.07, 6.45) is 0. The lowest BCUT2D eigenvalue weighted by Crippen LogP contribution is -2.12. The fourth-order valence-electron chi connectivity index (χ4n) is 1.73. The van der Waals surface area contributed by atoms with E-state index in [0.29, 0.717) is 23.5 Å². The van der Waals surface area contributed by atoms with Gasteiger partial charge < -0.3 is 15.8 Å². The monoisotopic (exact) mass is 335 g/mol. The Balaban J connectivity index is 2.19. The minimum absolute atomic E-state index is 0.426. The first-order valence-electron chi connectivity index (χ1n) is 5.93. The van der Waals surface area contributed by atoms with Crippen molar-refractivity contribution in [2.24, 2.45) is 5.73 Å². The van der Waals surface area contributed by atoms with E-state index in [-0.39, 0.29) is 0 Å². The summed E-state index contributed by atoms with van der Waals surface area (Å²) < 4.78 is 6.02. The second-order valence-electron chi connectivity index (χ2n) is 4.08. The summed E-state index contributed by atoms with van der Waals surface area (Å²) in [5, 5.41) is 3.19. The summed E-state index contributed by atoms with van der Waals surface area (Å²) in [6.45, 7) is 0.512. The van der Waals surface area contributed by atoms with Gasteiger partial charge in [0.05, 0.1) is 25.0 Å². The summed E-state index contributed by atoms with van der Waals surface area (Å²) >= 11 is 3.32. The lowest BCUT2D eigenvalue weighted by Gasteiger charge is -2.12. The number of primary amides is 1. The van der Waals surface area contributed by atoms with Crippen LogP contribution >= 0.6 is 15.9 Å². The van der Waals surface area contributed by atoms with Gasteiger partial charge in [-0.05, 0) is 46.3 Å². The Hall–Kier alpha value is -2.08. The first-order valence-corrected chi connectivity index (χ1v) is 6.72. The number of nitrogens with zero attached hydrogens (tertiary/aromatic N) is 1. The summed E-state index contributed by atoms with van der Waals surface area (Å²) in [5.74, 6) is 0.168. The summed E-state index contributed by atoms with van der Waals surface area (Å²) in [7, 11) is 1.57. The van der Waals surface area contributed by atoms with Crippen molar-refractivity contribution in [1.29, 1.82) is 0 Å². The van der Waals surface area contributed by atoms with Crippen molar-refractivity contribution in [3.05, 3.63) is 52.3 Å². The molecular weight excluding hydrogens is 322 g/mol. The van der Waals surface area contributed by atoms with Crippen LogP contribution in [0.25, 0.3) is 0 Å². The van der Waals surface area contributed by atoms with Crippen LogP contribution in [-0.4, -0.2) is 18.0 Å². The number of hydrogen-bond acceptors (Lipinski definition) is 4. The van der Waals surface area contributed by atoms with E-state index in [9.17, 15) is 4.79 Å². The van der Waals surface area contributed by atoms with E-state index in [2.05, 4.69) is 26.2 Å². The Bertz CT molecular complexity index is 632. The predicted octanol–water partition coefficient (Wildman–Crippen LogP) is 2.56. The van der Waals surface area contributed by atoms with Gasteiger partial charge in [-0.1, -0.05) is 6.07 Å². The van der Waals surface area contributed by atoms with E-state index in [1.807, 2.05) is 18.2 Å². The zero-order chi connectivity index (χ0) is 14.5. The number of pyridine rings is 1. The number of carbonyl (C=O) groups is 1. The number of methoxy groups -OCH3 is 1. The lowest BCUT2D eigenvalue weighted by atomic mass is 10.1. The first-order chi connectivity index (χ1) is 9.60. The molecule has 0 spiro atoms. The van der Waals surface area contributed by atoms with Crippen LogP contribution in [0, 0.1) is 0 Å². The molecule has 0 fully saturated rings. The van der Waals surface area contributed by atoms with Crippen LogP contribution < -0.4 is 15.8 Å². The van der Waals surface area contributed by atoms with Gasteiger partial charge >= 0.3 is 0 Å². The maximum atomic E-state index is 11.2. The number of rotatable bonds is 5. The predicted molar refractivity (Wildman–Crippen MR) is 80.8 cm³/mol. The third kappa shape index (κ3) is 3.48. The Morgan fingerprint density at radius 1 is 1.40 bits per heavy atom. The molecule has 2 aromatic rings. The van der Waals surface area contributed by atoms with E-state index >= 15 is 0 Å². The molecule has 0 aliphatic rings. The van der Waals surface area contributed by atoms with Gasteiger partial charge in [0.1, 0.15) is 10.4 Å². The van der Waals surface area contributed by atoms with Gasteiger partial charge in [0.25, 0.3) is 0 Å². The number of aromatic nitrogens is 1. The van der Waals surface area contributed by atoms with Gasteiger partial charge in [0, 0.05) is 5.56 Å². The van der Waals surface area contributed by atoms with Gasteiger partial charge in [-0.3, -0.25) is 4.79 Å². The van der Waals surface area contributed by atoms with E-state index in [1.54, 1.807) is 25.3 Å². The highest BCUT2D eigenvalue weighted by Crippen LogP contribution is 2.25. The maximum Gasteiger partial charge on any atom is 0.248 e. The number of benzene rings is 1. The molecule has 0 aliphatic heterocycles. The standard InChI is InChI=1S/C14H14BrN3O2/c1-20-12-6-5-9(14(16)19)7-11(12)17-8-10-3-2-4-13(15)18-10/h2-7,17H,8H2,1H3,(H2,16,19). The number of anilines is 1. The van der Waals surface area contributed by atoms with Crippen LogP contribution in [0.2, 0.25) is 0 Å². The molecule has 2 rings (SSSR count). The van der Waals surface area contributed by atoms with Crippen molar-refractivity contribution in [3.8, 4) is 5.75 Å². The number of carbonyl (C=O) groups excluding carboxylic acids is 1. The molecule has 1 aromatic carbocycles. The Labute approximate surface area is 125 Å². The largest absolute Gasteiger partial charge is 0.495 e. The average molecular weight is 336 g/mol. The Morgan fingerprint density at radius 2 is 2.20 bits per heavy atom. The molecule has 5 nitrogen and oxygen atoms in total. The Kier molecular flexibility index (Phi) is 4.57. The first kappa shape index (κ1) is 14.3. The van der Waals surface area contributed by atoms with Crippen molar-refractivity contribution >= 4 is 27.5 Å². The van der Waals surface area contributed by atoms with Gasteiger partial charge in [-0.25, -0.2) is 4.98 Å². The van der Waals surface area contributed by atoms with Crippen LogP contribution in [0.1, 0.15) is 16.1 Å². The number of hydrogen-bond donors (Lipinski definition) is 2. The topological polar surface area (TPSA) is 77.2 Å². The van der Waals surface area contributed by atoms with E-state index in [0.717, 1.165) is 10.3 Å². The molecule has 20 heavy (non-hydrogen) atoms. The molecule has 0 saturated carbocycles. The van der Waals surface area contributed by atoms with Crippen molar-refractivity contribution in [2.75, 3.05) is 12.4 Å². The molecule has 0 saturated heterocycles. The molecular formula is C14H14BrN3O2. The number of amides is 1. The molecule has 3 N–H and O–H groups in total. The fraction of sp³-hybridized carbons (Fsp3) is 0.143. The molecule has 1 heterocycles. The van der Waals surface area contributed by atoms with Crippen LogP contribution in [0.15, 0.2) is 41.0 Å². The normalized spacial score (nSPS) is 10.1.